The van der Waals surface area contributed by atoms with E-state index in [-0.39, 0.29) is 0 Å². The Labute approximate surface area is 63.8 Å². The van der Waals surface area contributed by atoms with Crippen LogP contribution in [0.2, 0.25) is 5.02 Å². The second-order valence-electron chi connectivity index (χ2n) is 1.75. The van der Waals surface area contributed by atoms with Crippen LogP contribution in [0.5, 0.6) is 5.88 Å². The monoisotopic (exact) mass is 158 g/mol. The fraction of sp³-hybridized carbons (Fsp3) is 0.167. The smallest absolute Gasteiger partial charge is 0.214 e. The molecular weight excluding hydrogens is 152 g/mol. The third kappa shape index (κ3) is 1.30. The van der Waals surface area contributed by atoms with E-state index in [0.717, 1.165) is 0 Å². The fourth-order valence-electron chi connectivity index (χ4n) is 0.535. The number of anilines is 1. The zero-order chi connectivity index (χ0) is 7.56. The van der Waals surface area contributed by atoms with Crippen molar-refractivity contribution in [1.82, 2.24) is 4.98 Å². The van der Waals surface area contributed by atoms with Gasteiger partial charge in [0.05, 0.1) is 24.0 Å². The van der Waals surface area contributed by atoms with E-state index >= 15 is 0 Å². The molecule has 10 heavy (non-hydrogen) atoms. The first-order valence-electron chi connectivity index (χ1n) is 2.69. The molecule has 0 bridgehead atoms. The molecule has 0 amide bonds. The van der Waals surface area contributed by atoms with Crippen LogP contribution >= 0.6 is 11.6 Å². The lowest BCUT2D eigenvalue weighted by atomic mass is 10.4. The van der Waals surface area contributed by atoms with Crippen LogP contribution in [0.25, 0.3) is 0 Å². The van der Waals surface area contributed by atoms with Crippen molar-refractivity contribution >= 4 is 17.3 Å². The summed E-state index contributed by atoms with van der Waals surface area (Å²) in [7, 11) is 1.52. The van der Waals surface area contributed by atoms with Gasteiger partial charge in [0.25, 0.3) is 0 Å². The molecule has 0 atom stereocenters. The standard InChI is InChI=1S/C6H7ClN2O/c1-10-6-2-4(7)5(8)3-9-6/h2-3H,8H2,1H3. The van der Waals surface area contributed by atoms with Crippen molar-refractivity contribution in [3.05, 3.63) is 17.3 Å². The van der Waals surface area contributed by atoms with Crippen LogP contribution in [0.3, 0.4) is 0 Å². The summed E-state index contributed by atoms with van der Waals surface area (Å²) in [5.74, 6) is 0.471. The minimum atomic E-state index is 0.461. The maximum absolute atomic E-state index is 5.65. The summed E-state index contributed by atoms with van der Waals surface area (Å²) in [6.07, 6.45) is 1.46. The van der Waals surface area contributed by atoms with Gasteiger partial charge in [0, 0.05) is 6.07 Å². The molecule has 4 heteroatoms. The van der Waals surface area contributed by atoms with Crippen molar-refractivity contribution in [2.75, 3.05) is 12.8 Å². The molecule has 0 saturated heterocycles. The van der Waals surface area contributed by atoms with Crippen LogP contribution in [0.1, 0.15) is 0 Å². The van der Waals surface area contributed by atoms with Crippen molar-refractivity contribution in [3.8, 4) is 5.88 Å². The molecule has 1 aromatic heterocycles. The summed E-state index contributed by atoms with van der Waals surface area (Å²) in [6, 6.07) is 1.57. The summed E-state index contributed by atoms with van der Waals surface area (Å²) >= 11 is 5.65. The molecule has 0 radical (unpaired) electrons. The van der Waals surface area contributed by atoms with E-state index < -0.39 is 0 Å². The van der Waals surface area contributed by atoms with Gasteiger partial charge in [-0.3, -0.25) is 0 Å². The number of nitrogens with zero attached hydrogens (tertiary/aromatic N) is 1. The van der Waals surface area contributed by atoms with Gasteiger partial charge in [-0.25, -0.2) is 4.98 Å². The molecule has 0 aromatic carbocycles. The molecule has 1 rings (SSSR count). The Hall–Kier alpha value is -0.960. The third-order valence-corrected chi connectivity index (χ3v) is 1.39. The maximum Gasteiger partial charge on any atom is 0.214 e. The van der Waals surface area contributed by atoms with Crippen molar-refractivity contribution in [3.63, 3.8) is 0 Å². The zero-order valence-electron chi connectivity index (χ0n) is 5.47. The number of methoxy groups -OCH3 is 1. The Kier molecular flexibility index (Phi) is 1.97. The Morgan fingerprint density at radius 2 is 2.40 bits per heavy atom. The van der Waals surface area contributed by atoms with Crippen LogP contribution in [-0.4, -0.2) is 12.1 Å². The van der Waals surface area contributed by atoms with Gasteiger partial charge >= 0.3 is 0 Å². The Bertz CT molecular complexity index is 239. The third-order valence-electron chi connectivity index (χ3n) is 1.07. The van der Waals surface area contributed by atoms with Crippen molar-refractivity contribution in [2.24, 2.45) is 0 Å². The Morgan fingerprint density at radius 3 is 2.90 bits per heavy atom. The lowest BCUT2D eigenvalue weighted by molar-refractivity contribution is 0.398. The number of ether oxygens (including phenoxy) is 1. The quantitative estimate of drug-likeness (QED) is 0.671. The zero-order valence-corrected chi connectivity index (χ0v) is 6.22. The van der Waals surface area contributed by atoms with E-state index in [4.69, 9.17) is 22.1 Å². The summed E-state index contributed by atoms with van der Waals surface area (Å²) in [5, 5.41) is 0.465. The normalized spacial score (nSPS) is 9.40. The summed E-state index contributed by atoms with van der Waals surface area (Å²) < 4.78 is 4.80. The molecule has 0 aliphatic rings. The first-order chi connectivity index (χ1) is 4.74. The minimum absolute atomic E-state index is 0.461. The summed E-state index contributed by atoms with van der Waals surface area (Å²) in [5.41, 5.74) is 5.85. The van der Waals surface area contributed by atoms with Gasteiger partial charge in [-0.15, -0.1) is 0 Å². The van der Waals surface area contributed by atoms with Crippen LogP contribution in [0.4, 0.5) is 5.69 Å². The number of nitrogens with two attached hydrogens (primary N) is 1. The van der Waals surface area contributed by atoms with Gasteiger partial charge in [-0.2, -0.15) is 0 Å². The number of aromatic nitrogens is 1. The lowest BCUT2D eigenvalue weighted by Gasteiger charge is -1.99. The molecule has 1 heterocycles. The van der Waals surface area contributed by atoms with Gasteiger partial charge in [0.1, 0.15) is 0 Å². The minimum Gasteiger partial charge on any atom is -0.481 e. The van der Waals surface area contributed by atoms with Gasteiger partial charge in [0.15, 0.2) is 0 Å². The van der Waals surface area contributed by atoms with Crippen LogP contribution in [0.15, 0.2) is 12.3 Å². The average molecular weight is 159 g/mol. The number of hydrogen-bond donors (Lipinski definition) is 1. The number of halogens is 1. The molecule has 0 aliphatic heterocycles. The first kappa shape index (κ1) is 7.15. The highest BCUT2D eigenvalue weighted by Crippen LogP contribution is 2.20. The molecule has 54 valence electrons. The van der Waals surface area contributed by atoms with Gasteiger partial charge in [-0.05, 0) is 0 Å². The molecule has 1 aromatic rings. The summed E-state index contributed by atoms with van der Waals surface area (Å²) in [6.45, 7) is 0. The van der Waals surface area contributed by atoms with E-state index in [0.29, 0.717) is 16.6 Å². The van der Waals surface area contributed by atoms with Gasteiger partial charge < -0.3 is 10.5 Å². The molecule has 0 saturated carbocycles. The van der Waals surface area contributed by atoms with E-state index in [2.05, 4.69) is 4.98 Å². The van der Waals surface area contributed by atoms with E-state index in [1.165, 1.54) is 13.3 Å². The maximum atomic E-state index is 5.65. The van der Waals surface area contributed by atoms with Crippen molar-refractivity contribution in [2.45, 2.75) is 0 Å². The van der Waals surface area contributed by atoms with E-state index in [9.17, 15) is 0 Å². The van der Waals surface area contributed by atoms with Crippen LogP contribution in [-0.2, 0) is 0 Å². The van der Waals surface area contributed by atoms with Crippen LogP contribution < -0.4 is 10.5 Å². The molecule has 0 spiro atoms. The molecule has 0 unspecified atom stereocenters. The number of nitrogen functional groups attached to an aromatic ring is 1. The predicted octanol–water partition coefficient (Wildman–Crippen LogP) is 1.33. The van der Waals surface area contributed by atoms with Crippen molar-refractivity contribution in [1.29, 1.82) is 0 Å². The average Bonchev–Trinajstić information content (AvgIpc) is 1.95. The van der Waals surface area contributed by atoms with E-state index in [1.54, 1.807) is 6.07 Å². The second-order valence-corrected chi connectivity index (χ2v) is 2.16. The summed E-state index contributed by atoms with van der Waals surface area (Å²) in [4.78, 5) is 3.83. The first-order valence-corrected chi connectivity index (χ1v) is 3.07. The second kappa shape index (κ2) is 2.75. The topological polar surface area (TPSA) is 48.1 Å². The van der Waals surface area contributed by atoms with Gasteiger partial charge in [0.2, 0.25) is 5.88 Å². The molecule has 3 nitrogen and oxygen atoms in total. The highest BCUT2D eigenvalue weighted by Gasteiger charge is 1.97. The number of pyridine rings is 1. The molecule has 2 N–H and O–H groups in total. The van der Waals surface area contributed by atoms with Crippen molar-refractivity contribution < 1.29 is 4.74 Å². The highest BCUT2D eigenvalue weighted by molar-refractivity contribution is 6.33. The predicted molar refractivity (Wildman–Crippen MR) is 40.2 cm³/mol. The molecule has 0 fully saturated rings. The van der Waals surface area contributed by atoms with E-state index in [1.807, 2.05) is 0 Å². The number of rotatable bonds is 1. The Balaban J connectivity index is 3.04. The molecular formula is C6H7ClN2O. The Morgan fingerprint density at radius 1 is 1.70 bits per heavy atom. The fourth-order valence-corrected chi connectivity index (χ4v) is 0.678. The largest absolute Gasteiger partial charge is 0.481 e. The van der Waals surface area contributed by atoms with Crippen LogP contribution in [0, 0.1) is 0 Å². The molecule has 0 aliphatic carbocycles. The van der Waals surface area contributed by atoms with Gasteiger partial charge in [-0.1, -0.05) is 11.6 Å². The lowest BCUT2D eigenvalue weighted by Crippen LogP contribution is -1.91. The number of hydrogen-bond acceptors (Lipinski definition) is 3. The highest BCUT2D eigenvalue weighted by atomic mass is 35.5. The SMILES string of the molecule is COc1cc(Cl)c(N)cn1.